The number of nitrogens with zero attached hydrogens (tertiary/aromatic N) is 2. The Labute approximate surface area is 97.5 Å². The molecule has 1 aromatic heterocycles. The molecule has 2 amide bonds. The van der Waals surface area contributed by atoms with Gasteiger partial charge in [0.25, 0.3) is 0 Å². The van der Waals surface area contributed by atoms with Gasteiger partial charge < -0.3 is 15.8 Å². The minimum absolute atomic E-state index is 0.454. The summed E-state index contributed by atoms with van der Waals surface area (Å²) in [5.41, 5.74) is 5.59. The third kappa shape index (κ3) is 3.16. The minimum atomic E-state index is -0.602. The van der Waals surface area contributed by atoms with Gasteiger partial charge in [-0.25, -0.2) is 14.8 Å². The fourth-order valence-electron chi connectivity index (χ4n) is 1.21. The third-order valence-electron chi connectivity index (χ3n) is 1.90. The first-order valence-electron chi connectivity index (χ1n) is 4.84. The summed E-state index contributed by atoms with van der Waals surface area (Å²) in [6.07, 6.45) is 2.99. The number of anilines is 1. The van der Waals surface area contributed by atoms with Crippen molar-refractivity contribution in [2.75, 3.05) is 5.32 Å². The van der Waals surface area contributed by atoms with Crippen LogP contribution in [0.1, 0.15) is 0 Å². The molecule has 0 radical (unpaired) electrons. The fourth-order valence-corrected chi connectivity index (χ4v) is 1.21. The lowest BCUT2D eigenvalue weighted by Crippen LogP contribution is -2.19. The van der Waals surface area contributed by atoms with Gasteiger partial charge >= 0.3 is 6.03 Å². The average molecular weight is 230 g/mol. The SMILES string of the molecule is NC(=O)Nc1ccc(Oc2ccncn2)cc1. The van der Waals surface area contributed by atoms with Gasteiger partial charge in [0.05, 0.1) is 0 Å². The van der Waals surface area contributed by atoms with Crippen LogP contribution in [0, 0.1) is 0 Å². The fraction of sp³-hybridized carbons (Fsp3) is 0. The highest BCUT2D eigenvalue weighted by molar-refractivity contribution is 5.87. The molecule has 0 saturated carbocycles. The molecule has 0 aliphatic heterocycles. The molecular weight excluding hydrogens is 220 g/mol. The van der Waals surface area contributed by atoms with Gasteiger partial charge in [0.2, 0.25) is 5.88 Å². The Kier molecular flexibility index (Phi) is 3.15. The number of primary amides is 1. The molecule has 86 valence electrons. The first-order chi connectivity index (χ1) is 8.24. The van der Waals surface area contributed by atoms with Gasteiger partial charge in [-0.05, 0) is 24.3 Å². The van der Waals surface area contributed by atoms with Crippen molar-refractivity contribution in [3.8, 4) is 11.6 Å². The number of ether oxygens (including phenoxy) is 1. The second-order valence-electron chi connectivity index (χ2n) is 3.16. The molecule has 0 aliphatic carbocycles. The van der Waals surface area contributed by atoms with Crippen LogP contribution in [-0.2, 0) is 0 Å². The maximum Gasteiger partial charge on any atom is 0.316 e. The summed E-state index contributed by atoms with van der Waals surface area (Å²) in [6, 6.07) is 7.81. The van der Waals surface area contributed by atoms with Crippen molar-refractivity contribution < 1.29 is 9.53 Å². The second-order valence-corrected chi connectivity index (χ2v) is 3.16. The highest BCUT2D eigenvalue weighted by Gasteiger charge is 1.99. The standard InChI is InChI=1S/C11H10N4O2/c12-11(16)15-8-1-3-9(4-2-8)17-10-5-6-13-7-14-10/h1-7H,(H3,12,15,16). The Balaban J connectivity index is 2.06. The lowest BCUT2D eigenvalue weighted by molar-refractivity contribution is 0.259. The van der Waals surface area contributed by atoms with E-state index in [1.807, 2.05) is 0 Å². The van der Waals surface area contributed by atoms with Crippen LogP contribution in [0.25, 0.3) is 0 Å². The Morgan fingerprint density at radius 3 is 2.59 bits per heavy atom. The van der Waals surface area contributed by atoms with Crippen LogP contribution in [0.3, 0.4) is 0 Å². The van der Waals surface area contributed by atoms with Crippen LogP contribution < -0.4 is 15.8 Å². The lowest BCUT2D eigenvalue weighted by atomic mass is 10.3. The number of urea groups is 1. The Morgan fingerprint density at radius 2 is 2.00 bits per heavy atom. The van der Waals surface area contributed by atoms with Gasteiger partial charge in [-0.1, -0.05) is 0 Å². The van der Waals surface area contributed by atoms with Crippen molar-refractivity contribution in [3.05, 3.63) is 42.9 Å². The number of aromatic nitrogens is 2. The number of amides is 2. The number of hydrogen-bond donors (Lipinski definition) is 2. The van der Waals surface area contributed by atoms with Gasteiger partial charge in [-0.15, -0.1) is 0 Å². The van der Waals surface area contributed by atoms with E-state index in [4.69, 9.17) is 10.5 Å². The van der Waals surface area contributed by atoms with Crippen molar-refractivity contribution in [3.63, 3.8) is 0 Å². The summed E-state index contributed by atoms with van der Waals surface area (Å²) in [5.74, 6) is 1.06. The minimum Gasteiger partial charge on any atom is -0.439 e. The molecule has 6 nitrogen and oxygen atoms in total. The third-order valence-corrected chi connectivity index (χ3v) is 1.90. The smallest absolute Gasteiger partial charge is 0.316 e. The molecule has 1 aromatic carbocycles. The van der Waals surface area contributed by atoms with E-state index in [1.165, 1.54) is 6.33 Å². The number of benzene rings is 1. The maximum absolute atomic E-state index is 10.6. The van der Waals surface area contributed by atoms with Gasteiger partial charge in [0, 0.05) is 18.0 Å². The average Bonchev–Trinajstić information content (AvgIpc) is 2.32. The molecule has 3 N–H and O–H groups in total. The van der Waals surface area contributed by atoms with E-state index in [9.17, 15) is 4.79 Å². The first-order valence-corrected chi connectivity index (χ1v) is 4.84. The highest BCUT2D eigenvalue weighted by atomic mass is 16.5. The molecule has 0 atom stereocenters. The molecule has 1 heterocycles. The van der Waals surface area contributed by atoms with Crippen LogP contribution in [0.5, 0.6) is 11.6 Å². The summed E-state index contributed by atoms with van der Waals surface area (Å²) >= 11 is 0. The van der Waals surface area contributed by atoms with E-state index in [0.29, 0.717) is 17.3 Å². The summed E-state index contributed by atoms with van der Waals surface area (Å²) in [5, 5.41) is 2.45. The zero-order valence-electron chi connectivity index (χ0n) is 8.83. The largest absolute Gasteiger partial charge is 0.439 e. The molecule has 0 saturated heterocycles. The van der Waals surface area contributed by atoms with Gasteiger partial charge in [-0.3, -0.25) is 0 Å². The van der Waals surface area contributed by atoms with E-state index in [1.54, 1.807) is 36.5 Å². The lowest BCUT2D eigenvalue weighted by Gasteiger charge is -2.05. The number of nitrogens with one attached hydrogen (secondary N) is 1. The van der Waals surface area contributed by atoms with Crippen LogP contribution in [0.4, 0.5) is 10.5 Å². The zero-order chi connectivity index (χ0) is 12.1. The van der Waals surface area contributed by atoms with E-state index < -0.39 is 6.03 Å². The van der Waals surface area contributed by atoms with Crippen molar-refractivity contribution in [2.45, 2.75) is 0 Å². The quantitative estimate of drug-likeness (QED) is 0.840. The molecule has 0 unspecified atom stereocenters. The predicted octanol–water partition coefficient (Wildman–Crippen LogP) is 1.76. The predicted molar refractivity (Wildman–Crippen MR) is 61.8 cm³/mol. The van der Waals surface area contributed by atoms with Crippen LogP contribution >= 0.6 is 0 Å². The zero-order valence-corrected chi connectivity index (χ0v) is 8.83. The second kappa shape index (κ2) is 4.93. The molecule has 0 spiro atoms. The summed E-state index contributed by atoms with van der Waals surface area (Å²) in [4.78, 5) is 18.3. The molecule has 0 fully saturated rings. The van der Waals surface area contributed by atoms with Crippen molar-refractivity contribution >= 4 is 11.7 Å². The monoisotopic (exact) mass is 230 g/mol. The molecule has 0 bridgehead atoms. The van der Waals surface area contributed by atoms with E-state index in [2.05, 4.69) is 15.3 Å². The Hall–Kier alpha value is -2.63. The molecule has 17 heavy (non-hydrogen) atoms. The Morgan fingerprint density at radius 1 is 1.24 bits per heavy atom. The van der Waals surface area contributed by atoms with Gasteiger partial charge in [0.15, 0.2) is 0 Å². The number of nitrogens with two attached hydrogens (primary N) is 1. The number of hydrogen-bond acceptors (Lipinski definition) is 4. The number of carbonyl (C=O) groups excluding carboxylic acids is 1. The van der Waals surface area contributed by atoms with Gasteiger partial charge in [-0.2, -0.15) is 0 Å². The van der Waals surface area contributed by atoms with Crippen LogP contribution in [0.15, 0.2) is 42.9 Å². The topological polar surface area (TPSA) is 90.1 Å². The highest BCUT2D eigenvalue weighted by Crippen LogP contribution is 2.20. The molecular formula is C11H10N4O2. The maximum atomic E-state index is 10.6. The van der Waals surface area contributed by atoms with E-state index in [-0.39, 0.29) is 0 Å². The summed E-state index contributed by atoms with van der Waals surface area (Å²) in [6.45, 7) is 0. The molecule has 0 aliphatic rings. The molecule has 2 rings (SSSR count). The summed E-state index contributed by atoms with van der Waals surface area (Å²) in [7, 11) is 0. The normalized spacial score (nSPS) is 9.65. The van der Waals surface area contributed by atoms with E-state index in [0.717, 1.165) is 0 Å². The van der Waals surface area contributed by atoms with Gasteiger partial charge in [0.1, 0.15) is 12.1 Å². The summed E-state index contributed by atoms with van der Waals surface area (Å²) < 4.78 is 5.44. The van der Waals surface area contributed by atoms with Crippen molar-refractivity contribution in [1.29, 1.82) is 0 Å². The number of rotatable bonds is 3. The van der Waals surface area contributed by atoms with E-state index >= 15 is 0 Å². The molecule has 2 aromatic rings. The van der Waals surface area contributed by atoms with Crippen molar-refractivity contribution in [2.24, 2.45) is 5.73 Å². The van der Waals surface area contributed by atoms with Crippen LogP contribution in [-0.4, -0.2) is 16.0 Å². The van der Waals surface area contributed by atoms with Crippen LogP contribution in [0.2, 0.25) is 0 Å². The number of carbonyl (C=O) groups is 1. The van der Waals surface area contributed by atoms with Crippen molar-refractivity contribution in [1.82, 2.24) is 9.97 Å². The first kappa shape index (κ1) is 10.9. The molecule has 6 heteroatoms. The Bertz CT molecular complexity index is 499.